The van der Waals surface area contributed by atoms with Gasteiger partial charge in [0.2, 0.25) is 0 Å². The van der Waals surface area contributed by atoms with Gasteiger partial charge in [0.1, 0.15) is 28.1 Å². The monoisotopic (exact) mass is 523 g/mol. The summed E-state index contributed by atoms with van der Waals surface area (Å²) in [7, 11) is -0.473. The first kappa shape index (κ1) is 24.8. The van der Waals surface area contributed by atoms with Gasteiger partial charge in [-0.25, -0.2) is 4.98 Å². The summed E-state index contributed by atoms with van der Waals surface area (Å²) in [4.78, 5) is 17.1. The largest absolute Gasteiger partial charge is 0.494 e. The van der Waals surface area contributed by atoms with E-state index >= 15 is 0 Å². The number of halogens is 1. The fourth-order valence-corrected chi connectivity index (χ4v) is 5.35. The van der Waals surface area contributed by atoms with Crippen molar-refractivity contribution in [2.75, 3.05) is 0 Å². The second-order valence-electron chi connectivity index (χ2n) is 9.87. The van der Waals surface area contributed by atoms with E-state index in [1.54, 1.807) is 18.5 Å². The van der Waals surface area contributed by atoms with E-state index < -0.39 is 24.2 Å². The van der Waals surface area contributed by atoms with Crippen LogP contribution in [-0.4, -0.2) is 33.8 Å². The van der Waals surface area contributed by atoms with Crippen LogP contribution in [0.5, 0.6) is 5.75 Å². The topological polar surface area (TPSA) is 88.6 Å². The van der Waals surface area contributed by atoms with Crippen LogP contribution in [0.25, 0.3) is 16.0 Å². The van der Waals surface area contributed by atoms with E-state index in [4.69, 9.17) is 31.4 Å². The van der Waals surface area contributed by atoms with Gasteiger partial charge in [-0.05, 0) is 58.3 Å². The maximum absolute atomic E-state index is 12.2. The van der Waals surface area contributed by atoms with Crippen molar-refractivity contribution in [2.45, 2.75) is 51.9 Å². The molecule has 7 nitrogen and oxygen atoms in total. The molecule has 2 aromatic heterocycles. The summed E-state index contributed by atoms with van der Waals surface area (Å²) < 4.78 is 20.4. The van der Waals surface area contributed by atoms with Gasteiger partial charge in [0.05, 0.1) is 22.2 Å². The summed E-state index contributed by atoms with van der Waals surface area (Å²) in [5.74, 6) is -0.148. The van der Waals surface area contributed by atoms with Gasteiger partial charge < -0.3 is 19.8 Å². The number of nitrogens with zero attached hydrogens (tertiary/aromatic N) is 2. The van der Waals surface area contributed by atoms with Crippen molar-refractivity contribution in [2.24, 2.45) is 5.73 Å². The van der Waals surface area contributed by atoms with Crippen LogP contribution in [0, 0.1) is 0 Å². The molecule has 0 aliphatic carbocycles. The molecule has 1 amide bonds. The molecule has 186 valence electrons. The number of amides is 1. The summed E-state index contributed by atoms with van der Waals surface area (Å²) in [6, 6.07) is 15.2. The summed E-state index contributed by atoms with van der Waals surface area (Å²) in [6.07, 6.45) is 1.34. The molecule has 1 aliphatic heterocycles. The number of ether oxygens (including phenoxy) is 1. The number of carbonyl (C=O) groups excluding carboxylic acids is 1. The molecule has 2 aromatic carbocycles. The van der Waals surface area contributed by atoms with Crippen LogP contribution in [0.3, 0.4) is 0 Å². The third-order valence-corrected chi connectivity index (χ3v) is 8.36. The number of rotatable bonds is 6. The highest BCUT2D eigenvalue weighted by atomic mass is 35.5. The van der Waals surface area contributed by atoms with Gasteiger partial charge in [0, 0.05) is 16.7 Å². The Kier molecular flexibility index (Phi) is 6.15. The minimum Gasteiger partial charge on any atom is -0.484 e. The van der Waals surface area contributed by atoms with Crippen LogP contribution in [-0.2, 0) is 9.31 Å². The van der Waals surface area contributed by atoms with Crippen LogP contribution in [0.4, 0.5) is 0 Å². The Balaban J connectivity index is 1.46. The first-order valence-corrected chi connectivity index (χ1v) is 12.8. The predicted octanol–water partition coefficient (Wildman–Crippen LogP) is 5.28. The highest BCUT2D eigenvalue weighted by Gasteiger charge is 2.51. The summed E-state index contributed by atoms with van der Waals surface area (Å²) in [6.45, 7) is 9.99. The van der Waals surface area contributed by atoms with Crippen molar-refractivity contribution < 1.29 is 18.8 Å². The lowest BCUT2D eigenvalue weighted by Gasteiger charge is -2.32. The lowest BCUT2D eigenvalue weighted by Crippen LogP contribution is -2.41. The molecule has 3 heterocycles. The van der Waals surface area contributed by atoms with Crippen LogP contribution in [0.15, 0.2) is 54.9 Å². The van der Waals surface area contributed by atoms with Crippen molar-refractivity contribution in [1.82, 2.24) is 9.55 Å². The number of hydrogen-bond acceptors (Lipinski definition) is 6. The molecule has 0 saturated carbocycles. The molecule has 1 aliphatic rings. The van der Waals surface area contributed by atoms with Gasteiger partial charge in [-0.1, -0.05) is 35.9 Å². The Bertz CT molecular complexity index is 1450. The first-order chi connectivity index (χ1) is 17.0. The first-order valence-electron chi connectivity index (χ1n) is 11.6. The molecule has 5 rings (SSSR count). The zero-order chi connectivity index (χ0) is 25.8. The molecule has 0 bridgehead atoms. The Hall–Kier alpha value is -2.85. The number of carbonyl (C=O) groups is 1. The molecule has 4 aromatic rings. The molecule has 1 atom stereocenters. The molecule has 10 heteroatoms. The number of nitrogens with two attached hydrogens (primary N) is 1. The summed E-state index contributed by atoms with van der Waals surface area (Å²) in [5, 5.41) is 1.36. The van der Waals surface area contributed by atoms with Crippen LogP contribution in [0.2, 0.25) is 5.02 Å². The van der Waals surface area contributed by atoms with Crippen molar-refractivity contribution >= 4 is 52.5 Å². The summed E-state index contributed by atoms with van der Waals surface area (Å²) in [5.41, 5.74) is 8.21. The Morgan fingerprint density at radius 2 is 1.83 bits per heavy atom. The van der Waals surface area contributed by atoms with E-state index in [1.165, 1.54) is 11.3 Å². The number of fused-ring (bicyclic) bond motifs is 1. The number of aromatic nitrogens is 2. The van der Waals surface area contributed by atoms with Crippen molar-refractivity contribution in [3.05, 3.63) is 70.3 Å². The molecule has 1 fully saturated rings. The van der Waals surface area contributed by atoms with E-state index in [0.29, 0.717) is 15.6 Å². The predicted molar refractivity (Wildman–Crippen MR) is 144 cm³/mol. The smallest absolute Gasteiger partial charge is 0.484 e. The van der Waals surface area contributed by atoms with Gasteiger partial charge in [-0.2, -0.15) is 0 Å². The number of hydrogen-bond donors (Lipinski definition) is 1. The van der Waals surface area contributed by atoms with E-state index in [2.05, 4.69) is 4.98 Å². The molecule has 1 unspecified atom stereocenters. The average molecular weight is 524 g/mol. The van der Waals surface area contributed by atoms with Gasteiger partial charge in [0.25, 0.3) is 5.91 Å². The standard InChI is InChI=1S/C26H27BClN3O4S/c1-15(17-8-6-7-9-18(17)28)33-21-13-22(36-23(21)24(29)32)31-14-30-19-12-16(10-11-20(19)31)27-34-25(2,3)26(4,5)35-27/h6-15H,1-5H3,(H2,29,32). The van der Waals surface area contributed by atoms with Crippen LogP contribution >= 0.6 is 22.9 Å². The van der Waals surface area contributed by atoms with Crippen LogP contribution < -0.4 is 15.9 Å². The third-order valence-electron chi connectivity index (χ3n) is 6.89. The Morgan fingerprint density at radius 1 is 1.14 bits per heavy atom. The molecular weight excluding hydrogens is 497 g/mol. The highest BCUT2D eigenvalue weighted by Crippen LogP contribution is 2.38. The second-order valence-corrected chi connectivity index (χ2v) is 11.3. The van der Waals surface area contributed by atoms with E-state index in [-0.39, 0.29) is 6.10 Å². The van der Waals surface area contributed by atoms with E-state index in [9.17, 15) is 4.79 Å². The lowest BCUT2D eigenvalue weighted by atomic mass is 9.79. The number of thiophene rings is 1. The molecule has 0 radical (unpaired) electrons. The Morgan fingerprint density at radius 3 is 2.50 bits per heavy atom. The second kappa shape index (κ2) is 8.92. The maximum Gasteiger partial charge on any atom is 0.494 e. The van der Waals surface area contributed by atoms with Crippen molar-refractivity contribution in [1.29, 1.82) is 0 Å². The Labute approximate surface area is 219 Å². The fourth-order valence-electron chi connectivity index (χ4n) is 4.13. The number of imidazole rings is 1. The minimum atomic E-state index is -0.555. The maximum atomic E-state index is 12.2. The van der Waals surface area contributed by atoms with Crippen molar-refractivity contribution in [3.8, 4) is 10.8 Å². The average Bonchev–Trinajstić information content (AvgIpc) is 3.47. The summed E-state index contributed by atoms with van der Waals surface area (Å²) >= 11 is 7.58. The zero-order valence-electron chi connectivity index (χ0n) is 20.7. The number of benzene rings is 2. The normalized spacial score (nSPS) is 17.4. The quantitative estimate of drug-likeness (QED) is 0.347. The molecule has 1 saturated heterocycles. The molecule has 0 spiro atoms. The van der Waals surface area contributed by atoms with Crippen molar-refractivity contribution in [3.63, 3.8) is 0 Å². The van der Waals surface area contributed by atoms with Gasteiger partial charge >= 0.3 is 7.12 Å². The molecule has 2 N–H and O–H groups in total. The zero-order valence-corrected chi connectivity index (χ0v) is 22.3. The lowest BCUT2D eigenvalue weighted by molar-refractivity contribution is 0.00578. The van der Waals surface area contributed by atoms with Gasteiger partial charge in [-0.15, -0.1) is 11.3 Å². The molecule has 36 heavy (non-hydrogen) atoms. The minimum absolute atomic E-state index is 0.333. The number of primary amides is 1. The van der Waals surface area contributed by atoms with Crippen LogP contribution in [0.1, 0.15) is 56.0 Å². The third kappa shape index (κ3) is 4.30. The van der Waals surface area contributed by atoms with Gasteiger partial charge in [0.15, 0.2) is 0 Å². The van der Waals surface area contributed by atoms with E-state index in [0.717, 1.165) is 27.1 Å². The fraction of sp³-hybridized carbons (Fsp3) is 0.308. The SMILES string of the molecule is CC(Oc1cc(-n2cnc3cc(B4OC(C)(C)C(C)(C)O4)ccc32)sc1C(N)=O)c1ccccc1Cl. The van der Waals surface area contributed by atoms with E-state index in [1.807, 2.05) is 75.6 Å². The highest BCUT2D eigenvalue weighted by molar-refractivity contribution is 7.16. The van der Waals surface area contributed by atoms with Gasteiger partial charge in [-0.3, -0.25) is 9.36 Å². The molecular formula is C26H27BClN3O4S.